The first-order valence-electron chi connectivity index (χ1n) is 11.8. The van der Waals surface area contributed by atoms with E-state index in [-0.39, 0.29) is 56.3 Å². The van der Waals surface area contributed by atoms with Crippen LogP contribution in [0.15, 0.2) is 53.4 Å². The Bertz CT molecular complexity index is 853. The number of benzene rings is 2. The summed E-state index contributed by atoms with van der Waals surface area (Å²) in [6.07, 6.45) is 15.9. The van der Waals surface area contributed by atoms with Crippen molar-refractivity contribution in [2.24, 2.45) is 0 Å². The largest absolute Gasteiger partial charge is 1.00 e. The molecule has 6 heteroatoms. The van der Waals surface area contributed by atoms with E-state index >= 15 is 0 Å². The van der Waals surface area contributed by atoms with E-state index in [1.165, 1.54) is 76.3 Å². The van der Waals surface area contributed by atoms with Gasteiger partial charge in [0.15, 0.2) is 0 Å². The molecule has 0 N–H and O–H groups in total. The Hall–Kier alpha value is -0.214. The van der Waals surface area contributed by atoms with Gasteiger partial charge in [-0.05, 0) is 48.7 Å². The number of hydrogen-bond acceptors (Lipinski definition) is 4. The zero-order chi connectivity index (χ0) is 22.4. The molecule has 32 heavy (non-hydrogen) atoms. The van der Waals surface area contributed by atoms with Gasteiger partial charge in [-0.25, -0.2) is 8.42 Å². The van der Waals surface area contributed by atoms with E-state index in [2.05, 4.69) is 6.92 Å². The Morgan fingerprint density at radius 2 is 1.28 bits per heavy atom. The minimum atomic E-state index is -4.48. The second-order valence-electron chi connectivity index (χ2n) is 8.28. The molecule has 0 aliphatic heterocycles. The summed E-state index contributed by atoms with van der Waals surface area (Å²) in [6, 6.07) is 13.8. The van der Waals surface area contributed by atoms with Crippen molar-refractivity contribution in [2.75, 3.05) is 0 Å². The van der Waals surface area contributed by atoms with E-state index < -0.39 is 10.1 Å². The van der Waals surface area contributed by atoms with Crippen LogP contribution in [0.4, 0.5) is 0 Å². The van der Waals surface area contributed by atoms with Crippen LogP contribution in [0.1, 0.15) is 89.5 Å². The summed E-state index contributed by atoms with van der Waals surface area (Å²) in [7, 11) is -4.48. The maximum atomic E-state index is 11.4. The Kier molecular flexibility index (Phi) is 16.1. The summed E-state index contributed by atoms with van der Waals surface area (Å²) >= 11 is 0. The molecule has 172 valence electrons. The molecule has 0 radical (unpaired) electrons. The van der Waals surface area contributed by atoms with Gasteiger partial charge in [0.1, 0.15) is 21.6 Å². The summed E-state index contributed by atoms with van der Waals surface area (Å²) < 4.78 is 40.2. The van der Waals surface area contributed by atoms with Crippen LogP contribution in [0, 0.1) is 0 Å². The molecule has 0 spiro atoms. The minimum absolute atomic E-state index is 0. The second kappa shape index (κ2) is 17.3. The Morgan fingerprint density at radius 1 is 0.750 bits per heavy atom. The first-order valence-corrected chi connectivity index (χ1v) is 13.2. The van der Waals surface area contributed by atoms with Crippen molar-refractivity contribution in [3.63, 3.8) is 0 Å². The fourth-order valence-corrected chi connectivity index (χ4v) is 4.30. The molecule has 0 aliphatic rings. The predicted octanol–water partition coefficient (Wildman–Crippen LogP) is 4.63. The van der Waals surface area contributed by atoms with Crippen LogP contribution in [-0.4, -0.2) is 13.0 Å². The van der Waals surface area contributed by atoms with Gasteiger partial charge in [-0.3, -0.25) is 0 Å². The van der Waals surface area contributed by atoms with E-state index in [0.717, 1.165) is 18.4 Å². The zero-order valence-corrected chi connectivity index (χ0v) is 23.8. The van der Waals surface area contributed by atoms with Crippen LogP contribution < -0.4 is 56.1 Å². The van der Waals surface area contributed by atoms with Crippen molar-refractivity contribution in [3.05, 3.63) is 54.1 Å². The summed E-state index contributed by atoms with van der Waals surface area (Å²) in [5.41, 5.74) is 0.771. The summed E-state index contributed by atoms with van der Waals surface area (Å²) in [5.74, 6) is 1.30. The van der Waals surface area contributed by atoms with Crippen LogP contribution in [-0.2, 0) is 16.5 Å². The number of unbranched alkanes of at least 4 members (excludes halogenated alkanes) is 11. The Morgan fingerprint density at radius 3 is 1.81 bits per heavy atom. The number of hydrogen-bond donors (Lipinski definition) is 0. The molecular formula is C26H37KO4S. The van der Waals surface area contributed by atoms with E-state index in [0.29, 0.717) is 17.9 Å². The standard InChI is InChI=1S/C26H38O4S.K/c1-2-3-4-5-6-7-8-9-10-11-12-14-17-23-22-25(31(27,28)29)20-21-26(23)30-24-18-15-13-16-19-24;/h13,15-16,18-22H,2-12,14,17H2,1H3,(H,27,28,29);/q;+1/p-1. The molecule has 0 bridgehead atoms. The molecule has 0 saturated carbocycles. The van der Waals surface area contributed by atoms with Crippen LogP contribution >= 0.6 is 0 Å². The maximum Gasteiger partial charge on any atom is 1.00 e. The van der Waals surface area contributed by atoms with Crippen LogP contribution in [0.5, 0.6) is 11.5 Å². The van der Waals surface area contributed by atoms with E-state index in [9.17, 15) is 13.0 Å². The predicted molar refractivity (Wildman–Crippen MR) is 126 cm³/mol. The third kappa shape index (κ3) is 12.3. The molecule has 4 nitrogen and oxygen atoms in total. The summed E-state index contributed by atoms with van der Waals surface area (Å²) in [5, 5.41) is 0. The monoisotopic (exact) mass is 484 g/mol. The molecule has 2 aromatic rings. The topological polar surface area (TPSA) is 66.4 Å². The Labute approximate surface area is 237 Å². The van der Waals surface area contributed by atoms with E-state index in [1.807, 2.05) is 30.3 Å². The van der Waals surface area contributed by atoms with Crippen molar-refractivity contribution in [3.8, 4) is 11.5 Å². The number of aryl methyl sites for hydroxylation is 1. The minimum Gasteiger partial charge on any atom is -0.744 e. The van der Waals surface area contributed by atoms with Crippen molar-refractivity contribution in [2.45, 2.75) is 95.3 Å². The Balaban J connectivity index is 0.00000512. The van der Waals surface area contributed by atoms with Gasteiger partial charge in [-0.1, -0.05) is 95.8 Å². The van der Waals surface area contributed by atoms with Crippen molar-refractivity contribution in [1.29, 1.82) is 0 Å². The average molecular weight is 485 g/mol. The third-order valence-corrected chi connectivity index (χ3v) is 6.42. The molecule has 2 aromatic carbocycles. The first-order chi connectivity index (χ1) is 15.0. The normalized spacial score (nSPS) is 11.2. The molecule has 2 rings (SSSR count). The number of ether oxygens (including phenoxy) is 1. The molecule has 0 unspecified atom stereocenters. The van der Waals surface area contributed by atoms with Gasteiger partial charge >= 0.3 is 51.4 Å². The average Bonchev–Trinajstić information content (AvgIpc) is 2.75. The molecule has 0 fully saturated rings. The second-order valence-corrected chi connectivity index (χ2v) is 9.66. The third-order valence-electron chi connectivity index (χ3n) is 5.59. The first kappa shape index (κ1) is 29.8. The summed E-state index contributed by atoms with van der Waals surface area (Å²) in [4.78, 5) is -0.193. The molecule has 0 amide bonds. The number of rotatable bonds is 16. The molecule has 0 saturated heterocycles. The quantitative estimate of drug-likeness (QED) is 0.198. The smallest absolute Gasteiger partial charge is 0.744 e. The van der Waals surface area contributed by atoms with Crippen molar-refractivity contribution >= 4 is 10.1 Å². The van der Waals surface area contributed by atoms with Crippen LogP contribution in [0.25, 0.3) is 0 Å². The SMILES string of the molecule is CCCCCCCCCCCCCCc1cc(S(=O)(=O)[O-])ccc1Oc1ccccc1.[K+]. The fraction of sp³-hybridized carbons (Fsp3) is 0.538. The molecule has 0 heterocycles. The maximum absolute atomic E-state index is 11.4. The molecule has 0 aliphatic carbocycles. The van der Waals surface area contributed by atoms with Crippen molar-refractivity contribution in [1.82, 2.24) is 0 Å². The molecular weight excluding hydrogens is 447 g/mol. The molecule has 0 atom stereocenters. The van der Waals surface area contributed by atoms with Gasteiger partial charge in [0.25, 0.3) is 0 Å². The summed E-state index contributed by atoms with van der Waals surface area (Å²) in [6.45, 7) is 2.25. The number of para-hydroxylation sites is 1. The molecule has 0 aromatic heterocycles. The van der Waals surface area contributed by atoms with Crippen LogP contribution in [0.3, 0.4) is 0 Å². The van der Waals surface area contributed by atoms with Crippen LogP contribution in [0.2, 0.25) is 0 Å². The van der Waals surface area contributed by atoms with Gasteiger partial charge in [0.05, 0.1) is 4.90 Å². The van der Waals surface area contributed by atoms with Gasteiger partial charge in [0.2, 0.25) is 0 Å². The van der Waals surface area contributed by atoms with E-state index in [1.54, 1.807) is 6.07 Å². The van der Waals surface area contributed by atoms with Gasteiger partial charge in [-0.2, -0.15) is 0 Å². The van der Waals surface area contributed by atoms with Gasteiger partial charge in [-0.15, -0.1) is 0 Å². The van der Waals surface area contributed by atoms with E-state index in [4.69, 9.17) is 4.74 Å². The zero-order valence-electron chi connectivity index (χ0n) is 19.9. The van der Waals surface area contributed by atoms with Crippen molar-refractivity contribution < 1.29 is 69.1 Å². The van der Waals surface area contributed by atoms with Gasteiger partial charge < -0.3 is 9.29 Å². The fourth-order valence-electron chi connectivity index (χ4n) is 3.78. The van der Waals surface area contributed by atoms with Gasteiger partial charge in [0, 0.05) is 0 Å².